The van der Waals surface area contributed by atoms with E-state index in [-0.39, 0.29) is 30.2 Å². The highest BCUT2D eigenvalue weighted by Gasteiger charge is 2.26. The van der Waals surface area contributed by atoms with E-state index in [1.807, 2.05) is 4.90 Å². The predicted molar refractivity (Wildman–Crippen MR) is 101 cm³/mol. The summed E-state index contributed by atoms with van der Waals surface area (Å²) >= 11 is 0. The highest BCUT2D eigenvalue weighted by atomic mass is 16.2. The molecule has 0 radical (unpaired) electrons. The lowest BCUT2D eigenvalue weighted by molar-refractivity contribution is -0.132. The molecule has 6 N–H and O–H groups in total. The average molecular weight is 370 g/mol. The van der Waals surface area contributed by atoms with Crippen LogP contribution in [0.5, 0.6) is 0 Å². The fraction of sp³-hybridized carbons (Fsp3) is 0.833. The number of rotatable bonds is 14. The molecule has 0 bridgehead atoms. The number of carbonyl (C=O) groups excluding carboxylic acids is 3. The lowest BCUT2D eigenvalue weighted by Crippen LogP contribution is -2.46. The summed E-state index contributed by atoms with van der Waals surface area (Å²) in [5.41, 5.74) is 10.6. The van der Waals surface area contributed by atoms with Gasteiger partial charge in [0.05, 0.1) is 6.04 Å². The number of unbranched alkanes of at least 4 members (excludes halogenated alkanes) is 2. The Balaban J connectivity index is 2.20. The van der Waals surface area contributed by atoms with Gasteiger partial charge in [-0.15, -0.1) is 0 Å². The molecular formula is C18H35N5O3. The van der Waals surface area contributed by atoms with Gasteiger partial charge < -0.3 is 27.0 Å². The van der Waals surface area contributed by atoms with Gasteiger partial charge in [0.15, 0.2) is 0 Å². The van der Waals surface area contributed by atoms with Crippen molar-refractivity contribution in [1.82, 2.24) is 15.5 Å². The molecule has 1 fully saturated rings. The molecule has 8 heteroatoms. The van der Waals surface area contributed by atoms with Gasteiger partial charge in [0.25, 0.3) is 0 Å². The summed E-state index contributed by atoms with van der Waals surface area (Å²) in [5, 5.41) is 6.11. The molecular weight excluding hydrogens is 334 g/mol. The zero-order valence-corrected chi connectivity index (χ0v) is 15.8. The first-order valence-corrected chi connectivity index (χ1v) is 9.82. The minimum atomic E-state index is -0.383. The van der Waals surface area contributed by atoms with Crippen molar-refractivity contribution in [3.63, 3.8) is 0 Å². The topological polar surface area (TPSA) is 131 Å². The minimum absolute atomic E-state index is 0.0648. The van der Waals surface area contributed by atoms with Gasteiger partial charge in [-0.05, 0) is 51.6 Å². The zero-order valence-electron chi connectivity index (χ0n) is 15.8. The number of amides is 3. The van der Waals surface area contributed by atoms with E-state index in [1.54, 1.807) is 0 Å². The summed E-state index contributed by atoms with van der Waals surface area (Å²) in [6, 6.07) is -0.347. The van der Waals surface area contributed by atoms with Crippen LogP contribution in [0.3, 0.4) is 0 Å². The Morgan fingerprint density at radius 3 is 2.35 bits per heavy atom. The van der Waals surface area contributed by atoms with Crippen molar-refractivity contribution in [2.45, 2.75) is 63.8 Å². The number of likely N-dealkylation sites (tertiary alicyclic amines) is 1. The molecule has 1 aliphatic heterocycles. The molecule has 1 heterocycles. The Morgan fingerprint density at radius 2 is 1.69 bits per heavy atom. The smallest absolute Gasteiger partial charge is 0.239 e. The van der Waals surface area contributed by atoms with Gasteiger partial charge in [0.2, 0.25) is 17.7 Å². The summed E-state index contributed by atoms with van der Waals surface area (Å²) in [4.78, 5) is 37.0. The Morgan fingerprint density at radius 1 is 0.962 bits per heavy atom. The standard InChI is InChI=1S/C18H35N5O3/c19-10-6-12-22-17(25)7-2-1-3-11-21-15(8-9-16(20)24)18(26)23-13-4-5-14-23/h15,21H,1-14,19H2,(H2,20,24)(H,22,25)/t15-/m0/s1. The van der Waals surface area contributed by atoms with Crippen LogP contribution in [0.1, 0.15) is 57.8 Å². The second-order valence-corrected chi connectivity index (χ2v) is 6.85. The van der Waals surface area contributed by atoms with Crippen molar-refractivity contribution in [2.24, 2.45) is 11.5 Å². The lowest BCUT2D eigenvalue weighted by atomic mass is 10.1. The summed E-state index contributed by atoms with van der Waals surface area (Å²) in [6.45, 7) is 3.51. The minimum Gasteiger partial charge on any atom is -0.370 e. The van der Waals surface area contributed by atoms with Crippen LogP contribution >= 0.6 is 0 Å². The molecule has 8 nitrogen and oxygen atoms in total. The Hall–Kier alpha value is -1.67. The molecule has 0 aromatic rings. The van der Waals surface area contributed by atoms with Gasteiger partial charge in [-0.25, -0.2) is 0 Å². The van der Waals surface area contributed by atoms with E-state index >= 15 is 0 Å². The van der Waals surface area contributed by atoms with Crippen LogP contribution < -0.4 is 22.1 Å². The third kappa shape index (κ3) is 9.72. The largest absolute Gasteiger partial charge is 0.370 e. The van der Waals surface area contributed by atoms with Crippen LogP contribution in [-0.4, -0.2) is 61.4 Å². The molecule has 1 aliphatic rings. The fourth-order valence-electron chi connectivity index (χ4n) is 3.04. The van der Waals surface area contributed by atoms with E-state index < -0.39 is 0 Å². The molecule has 0 unspecified atom stereocenters. The summed E-state index contributed by atoms with van der Waals surface area (Å²) in [7, 11) is 0. The van der Waals surface area contributed by atoms with Gasteiger partial charge in [-0.2, -0.15) is 0 Å². The van der Waals surface area contributed by atoms with Crippen molar-refractivity contribution >= 4 is 17.7 Å². The summed E-state index contributed by atoms with van der Waals surface area (Å²) in [6.07, 6.45) is 6.67. The molecule has 1 saturated heterocycles. The maximum atomic E-state index is 12.5. The first-order chi connectivity index (χ1) is 12.5. The van der Waals surface area contributed by atoms with Crippen molar-refractivity contribution in [2.75, 3.05) is 32.7 Å². The quantitative estimate of drug-likeness (QED) is 0.317. The Labute approximate surface area is 156 Å². The third-order valence-electron chi connectivity index (χ3n) is 4.57. The maximum absolute atomic E-state index is 12.5. The Bertz CT molecular complexity index is 439. The van der Waals surface area contributed by atoms with Gasteiger partial charge in [0.1, 0.15) is 0 Å². The van der Waals surface area contributed by atoms with Crippen LogP contribution in [-0.2, 0) is 14.4 Å². The molecule has 1 rings (SSSR count). The molecule has 26 heavy (non-hydrogen) atoms. The number of primary amides is 1. The molecule has 150 valence electrons. The summed E-state index contributed by atoms with van der Waals surface area (Å²) < 4.78 is 0. The van der Waals surface area contributed by atoms with Crippen LogP contribution in [0, 0.1) is 0 Å². The van der Waals surface area contributed by atoms with E-state index in [1.165, 1.54) is 0 Å². The molecule has 0 aromatic carbocycles. The number of carbonyl (C=O) groups is 3. The van der Waals surface area contributed by atoms with Crippen LogP contribution in [0.4, 0.5) is 0 Å². The normalized spacial score (nSPS) is 15.0. The van der Waals surface area contributed by atoms with Crippen LogP contribution in [0.25, 0.3) is 0 Å². The number of nitrogens with zero attached hydrogens (tertiary/aromatic N) is 1. The molecule has 0 spiro atoms. The SMILES string of the molecule is NCCCNC(=O)CCCCCN[C@@H](CCC(N)=O)C(=O)N1CCCC1. The van der Waals surface area contributed by atoms with Crippen molar-refractivity contribution < 1.29 is 14.4 Å². The van der Waals surface area contributed by atoms with E-state index in [0.717, 1.165) is 51.6 Å². The van der Waals surface area contributed by atoms with Crippen LogP contribution in [0.2, 0.25) is 0 Å². The zero-order chi connectivity index (χ0) is 19.2. The number of hydrogen-bond donors (Lipinski definition) is 4. The van der Waals surface area contributed by atoms with Gasteiger partial charge in [0, 0.05) is 32.5 Å². The second kappa shape index (κ2) is 13.5. The summed E-state index contributed by atoms with van der Waals surface area (Å²) in [5.74, 6) is -0.246. The second-order valence-electron chi connectivity index (χ2n) is 6.85. The number of nitrogens with two attached hydrogens (primary N) is 2. The van der Waals surface area contributed by atoms with Gasteiger partial charge >= 0.3 is 0 Å². The predicted octanol–water partition coefficient (Wildman–Crippen LogP) is -0.142. The van der Waals surface area contributed by atoms with Crippen LogP contribution in [0.15, 0.2) is 0 Å². The fourth-order valence-corrected chi connectivity index (χ4v) is 3.04. The van der Waals surface area contributed by atoms with E-state index in [0.29, 0.717) is 32.5 Å². The first kappa shape index (κ1) is 22.4. The molecule has 1 atom stereocenters. The molecule has 0 aromatic heterocycles. The molecule has 3 amide bonds. The number of hydrogen-bond acceptors (Lipinski definition) is 5. The highest BCUT2D eigenvalue weighted by molar-refractivity contribution is 5.83. The van der Waals surface area contributed by atoms with E-state index in [2.05, 4.69) is 10.6 Å². The maximum Gasteiger partial charge on any atom is 0.239 e. The lowest BCUT2D eigenvalue weighted by Gasteiger charge is -2.24. The molecule has 0 aliphatic carbocycles. The highest BCUT2D eigenvalue weighted by Crippen LogP contribution is 2.11. The first-order valence-electron chi connectivity index (χ1n) is 9.82. The number of nitrogens with one attached hydrogen (secondary N) is 2. The van der Waals surface area contributed by atoms with Crippen molar-refractivity contribution in [1.29, 1.82) is 0 Å². The van der Waals surface area contributed by atoms with E-state index in [4.69, 9.17) is 11.5 Å². The molecule has 0 saturated carbocycles. The van der Waals surface area contributed by atoms with Gasteiger partial charge in [-0.3, -0.25) is 14.4 Å². The monoisotopic (exact) mass is 369 g/mol. The average Bonchev–Trinajstić information content (AvgIpc) is 3.14. The van der Waals surface area contributed by atoms with E-state index in [9.17, 15) is 14.4 Å². The Kier molecular flexibility index (Phi) is 11.6. The van der Waals surface area contributed by atoms with Gasteiger partial charge in [-0.1, -0.05) is 6.42 Å². The van der Waals surface area contributed by atoms with Crippen molar-refractivity contribution in [3.8, 4) is 0 Å². The van der Waals surface area contributed by atoms with Crippen molar-refractivity contribution in [3.05, 3.63) is 0 Å². The third-order valence-corrected chi connectivity index (χ3v) is 4.57.